The molecule has 142 valence electrons. The third-order valence-electron chi connectivity index (χ3n) is 5.54. The topological polar surface area (TPSA) is 29.5 Å². The maximum atomic E-state index is 13.4. The van der Waals surface area contributed by atoms with Crippen molar-refractivity contribution in [1.82, 2.24) is 4.90 Å². The Labute approximate surface area is 157 Å². The molecule has 5 heteroatoms. The van der Waals surface area contributed by atoms with Crippen LogP contribution in [0.25, 0.3) is 0 Å². The van der Waals surface area contributed by atoms with Crippen LogP contribution >= 0.6 is 0 Å². The fraction of sp³-hybridized carbons (Fsp3) is 0.409. The Bertz CT molecular complexity index is 811. The molecular formula is C22H23F2NO2. The molecule has 2 aliphatic rings. The van der Waals surface area contributed by atoms with E-state index in [1.165, 1.54) is 6.07 Å². The second-order valence-corrected chi connectivity index (χ2v) is 7.54. The lowest BCUT2D eigenvalue weighted by Crippen LogP contribution is -2.42. The Morgan fingerprint density at radius 2 is 1.93 bits per heavy atom. The Morgan fingerprint density at radius 1 is 1.11 bits per heavy atom. The summed E-state index contributed by atoms with van der Waals surface area (Å²) in [5, 5.41) is 0. The minimum absolute atomic E-state index is 0.00791. The molecule has 1 aliphatic heterocycles. The number of hydrogen-bond acceptors (Lipinski definition) is 2. The highest BCUT2D eigenvalue weighted by Gasteiger charge is 2.46. The normalized spacial score (nSPS) is 24.5. The van der Waals surface area contributed by atoms with Crippen LogP contribution in [-0.4, -0.2) is 30.5 Å². The molecule has 1 aliphatic carbocycles. The number of halogens is 2. The minimum Gasteiger partial charge on any atom is -0.493 e. The van der Waals surface area contributed by atoms with Crippen molar-refractivity contribution in [1.29, 1.82) is 0 Å². The van der Waals surface area contributed by atoms with E-state index in [9.17, 15) is 13.6 Å². The number of nitrogens with zero attached hydrogens (tertiary/aromatic N) is 1. The Kier molecular flexibility index (Phi) is 5.10. The van der Waals surface area contributed by atoms with E-state index >= 15 is 0 Å². The van der Waals surface area contributed by atoms with Gasteiger partial charge in [0.05, 0.1) is 6.61 Å². The molecule has 27 heavy (non-hydrogen) atoms. The van der Waals surface area contributed by atoms with E-state index in [1.54, 1.807) is 6.07 Å². The first-order chi connectivity index (χ1) is 13.1. The average Bonchev–Trinajstić information content (AvgIpc) is 3.50. The van der Waals surface area contributed by atoms with Crippen LogP contribution in [0.15, 0.2) is 48.5 Å². The van der Waals surface area contributed by atoms with Crippen molar-refractivity contribution in [2.45, 2.75) is 25.2 Å². The first kappa shape index (κ1) is 18.0. The molecule has 0 N–H and O–H groups in total. The lowest BCUT2D eigenvalue weighted by atomic mass is 9.98. The number of rotatable bonds is 5. The van der Waals surface area contributed by atoms with Gasteiger partial charge in [-0.15, -0.1) is 0 Å². The number of likely N-dealkylation sites (tertiary alicyclic amines) is 1. The molecule has 0 bridgehead atoms. The first-order valence-electron chi connectivity index (χ1n) is 9.53. The molecule has 0 aromatic heterocycles. The smallest absolute Gasteiger partial charge is 0.226 e. The summed E-state index contributed by atoms with van der Waals surface area (Å²) in [6, 6.07) is 13.7. The van der Waals surface area contributed by atoms with Crippen LogP contribution in [0.5, 0.6) is 5.75 Å². The summed E-state index contributed by atoms with van der Waals surface area (Å²) in [5.74, 6) is -0.488. The molecule has 1 amide bonds. The molecule has 1 saturated heterocycles. The van der Waals surface area contributed by atoms with E-state index in [-0.39, 0.29) is 17.7 Å². The van der Waals surface area contributed by atoms with Crippen LogP contribution in [0.2, 0.25) is 0 Å². The minimum atomic E-state index is -0.848. The first-order valence-corrected chi connectivity index (χ1v) is 9.53. The van der Waals surface area contributed by atoms with E-state index in [2.05, 4.69) is 0 Å². The van der Waals surface area contributed by atoms with Crippen LogP contribution in [0.3, 0.4) is 0 Å². The van der Waals surface area contributed by atoms with Gasteiger partial charge in [0.2, 0.25) is 5.91 Å². The van der Waals surface area contributed by atoms with Gasteiger partial charge in [-0.3, -0.25) is 4.79 Å². The summed E-state index contributed by atoms with van der Waals surface area (Å²) >= 11 is 0. The standard InChI is InChI=1S/C22H23F2NO2/c23-20-9-8-16(11-21(20)24)18-12-19(18)22(26)25-10-4-5-15(13-25)14-27-17-6-2-1-3-7-17/h1-3,6-9,11,15,18-19H,4-5,10,12-14H2. The lowest BCUT2D eigenvalue weighted by Gasteiger charge is -2.33. The van der Waals surface area contributed by atoms with Gasteiger partial charge in [0.1, 0.15) is 5.75 Å². The quantitative estimate of drug-likeness (QED) is 0.780. The van der Waals surface area contributed by atoms with Gasteiger partial charge in [-0.2, -0.15) is 0 Å². The number of hydrogen-bond donors (Lipinski definition) is 0. The van der Waals surface area contributed by atoms with E-state index in [0.29, 0.717) is 31.1 Å². The summed E-state index contributed by atoms with van der Waals surface area (Å²) in [6.45, 7) is 2.07. The second-order valence-electron chi connectivity index (χ2n) is 7.54. The van der Waals surface area contributed by atoms with Crippen LogP contribution < -0.4 is 4.74 Å². The van der Waals surface area contributed by atoms with Crippen molar-refractivity contribution in [3.05, 3.63) is 65.7 Å². The summed E-state index contributed by atoms with van der Waals surface area (Å²) in [5.41, 5.74) is 0.716. The van der Waals surface area contributed by atoms with Gasteiger partial charge in [-0.25, -0.2) is 8.78 Å². The van der Waals surface area contributed by atoms with Crippen LogP contribution in [0.4, 0.5) is 8.78 Å². The molecular weight excluding hydrogens is 348 g/mol. The Morgan fingerprint density at radius 3 is 2.70 bits per heavy atom. The fourth-order valence-electron chi connectivity index (χ4n) is 3.95. The monoisotopic (exact) mass is 371 g/mol. The maximum Gasteiger partial charge on any atom is 0.226 e. The van der Waals surface area contributed by atoms with Gasteiger partial charge in [0.15, 0.2) is 11.6 Å². The van der Waals surface area contributed by atoms with Crippen molar-refractivity contribution in [3.8, 4) is 5.75 Å². The Balaban J connectivity index is 1.32. The predicted molar refractivity (Wildman–Crippen MR) is 98.4 cm³/mol. The van der Waals surface area contributed by atoms with Crippen LogP contribution in [-0.2, 0) is 4.79 Å². The molecule has 2 aromatic carbocycles. The van der Waals surface area contributed by atoms with E-state index < -0.39 is 11.6 Å². The third-order valence-corrected chi connectivity index (χ3v) is 5.54. The largest absolute Gasteiger partial charge is 0.493 e. The molecule has 3 unspecified atom stereocenters. The fourth-order valence-corrected chi connectivity index (χ4v) is 3.95. The number of para-hydroxylation sites is 1. The molecule has 4 rings (SSSR count). The van der Waals surface area contributed by atoms with Crippen molar-refractivity contribution in [2.24, 2.45) is 11.8 Å². The van der Waals surface area contributed by atoms with Gasteiger partial charge < -0.3 is 9.64 Å². The molecule has 3 nitrogen and oxygen atoms in total. The summed E-state index contributed by atoms with van der Waals surface area (Å²) < 4.78 is 32.4. The number of piperidine rings is 1. The molecule has 2 aromatic rings. The molecule has 1 heterocycles. The van der Waals surface area contributed by atoms with Gasteiger partial charge >= 0.3 is 0 Å². The molecule has 0 spiro atoms. The van der Waals surface area contributed by atoms with Crippen molar-refractivity contribution >= 4 is 5.91 Å². The zero-order chi connectivity index (χ0) is 18.8. The molecule has 3 atom stereocenters. The van der Waals surface area contributed by atoms with Crippen LogP contribution in [0, 0.1) is 23.5 Å². The number of carbonyl (C=O) groups is 1. The number of carbonyl (C=O) groups excluding carboxylic acids is 1. The number of ether oxygens (including phenoxy) is 1. The van der Waals surface area contributed by atoms with Gasteiger partial charge in [0, 0.05) is 24.9 Å². The maximum absolute atomic E-state index is 13.4. The molecule has 1 saturated carbocycles. The van der Waals surface area contributed by atoms with Gasteiger partial charge in [-0.05, 0) is 55.0 Å². The molecule has 0 radical (unpaired) electrons. The third kappa shape index (κ3) is 4.12. The highest BCUT2D eigenvalue weighted by Crippen LogP contribution is 2.49. The Hall–Kier alpha value is -2.43. The highest BCUT2D eigenvalue weighted by molar-refractivity contribution is 5.83. The molecule has 2 fully saturated rings. The number of amides is 1. The second kappa shape index (κ2) is 7.67. The van der Waals surface area contributed by atoms with Crippen molar-refractivity contribution in [2.75, 3.05) is 19.7 Å². The predicted octanol–water partition coefficient (Wildman–Crippen LogP) is 4.39. The van der Waals surface area contributed by atoms with Crippen molar-refractivity contribution < 1.29 is 18.3 Å². The SMILES string of the molecule is O=C(C1CC1c1ccc(F)c(F)c1)N1CCCC(COc2ccccc2)C1. The zero-order valence-electron chi connectivity index (χ0n) is 15.1. The average molecular weight is 371 g/mol. The van der Waals surface area contributed by atoms with E-state index in [1.807, 2.05) is 35.2 Å². The highest BCUT2D eigenvalue weighted by atomic mass is 19.2. The van der Waals surface area contributed by atoms with Gasteiger partial charge in [0.25, 0.3) is 0 Å². The van der Waals surface area contributed by atoms with Crippen LogP contribution in [0.1, 0.15) is 30.7 Å². The van der Waals surface area contributed by atoms with E-state index in [4.69, 9.17) is 4.74 Å². The summed E-state index contributed by atoms with van der Waals surface area (Å²) in [7, 11) is 0. The summed E-state index contributed by atoms with van der Waals surface area (Å²) in [6.07, 6.45) is 2.73. The summed E-state index contributed by atoms with van der Waals surface area (Å²) in [4.78, 5) is 14.8. The van der Waals surface area contributed by atoms with E-state index in [0.717, 1.165) is 31.2 Å². The number of benzene rings is 2. The lowest BCUT2D eigenvalue weighted by molar-refractivity contribution is -0.134. The van der Waals surface area contributed by atoms with Crippen molar-refractivity contribution in [3.63, 3.8) is 0 Å². The zero-order valence-corrected chi connectivity index (χ0v) is 15.1. The van der Waals surface area contributed by atoms with Gasteiger partial charge in [-0.1, -0.05) is 24.3 Å².